The molecular formula is C21H28N4O7S. The molecule has 12 heteroatoms. The number of sulfonamides is 1. The van der Waals surface area contributed by atoms with Gasteiger partial charge in [0.15, 0.2) is 0 Å². The number of carbonyl (C=O) groups is 3. The van der Waals surface area contributed by atoms with E-state index in [1.807, 2.05) is 0 Å². The van der Waals surface area contributed by atoms with Crippen molar-refractivity contribution in [3.8, 4) is 5.75 Å². The maximum atomic E-state index is 13.0. The van der Waals surface area contributed by atoms with E-state index in [1.54, 1.807) is 13.8 Å². The van der Waals surface area contributed by atoms with E-state index in [-0.39, 0.29) is 35.3 Å². The maximum Gasteiger partial charge on any atom is 0.325 e. The second-order valence-electron chi connectivity index (χ2n) is 8.45. The highest BCUT2D eigenvalue weighted by atomic mass is 32.2. The predicted molar refractivity (Wildman–Crippen MR) is 117 cm³/mol. The highest BCUT2D eigenvalue weighted by Gasteiger charge is 2.56. The summed E-state index contributed by atoms with van der Waals surface area (Å²) in [4.78, 5) is 38.8. The molecule has 0 aromatic heterocycles. The van der Waals surface area contributed by atoms with Crippen LogP contribution in [0, 0.1) is 5.92 Å². The predicted octanol–water partition coefficient (Wildman–Crippen LogP) is 0.765. The number of nitrogens with one attached hydrogen (secondary N) is 2. The number of amides is 4. The van der Waals surface area contributed by atoms with Crippen molar-refractivity contribution in [2.24, 2.45) is 5.92 Å². The van der Waals surface area contributed by atoms with E-state index in [1.165, 1.54) is 22.5 Å². The van der Waals surface area contributed by atoms with Gasteiger partial charge in [-0.05, 0) is 50.8 Å². The van der Waals surface area contributed by atoms with Crippen LogP contribution in [-0.2, 0) is 24.3 Å². The van der Waals surface area contributed by atoms with Gasteiger partial charge in [-0.25, -0.2) is 13.2 Å². The summed E-state index contributed by atoms with van der Waals surface area (Å²) in [6.07, 6.45) is 1.70. The van der Waals surface area contributed by atoms with Crippen LogP contribution in [0.1, 0.15) is 26.7 Å². The lowest BCUT2D eigenvalue weighted by Gasteiger charge is -2.26. The number of morpholine rings is 1. The van der Waals surface area contributed by atoms with Crippen molar-refractivity contribution in [3.63, 3.8) is 0 Å². The molecule has 2 aliphatic heterocycles. The van der Waals surface area contributed by atoms with Crippen LogP contribution in [0.25, 0.3) is 0 Å². The molecule has 33 heavy (non-hydrogen) atoms. The third-order valence-corrected chi connectivity index (χ3v) is 8.02. The van der Waals surface area contributed by atoms with Gasteiger partial charge in [-0.3, -0.25) is 14.5 Å². The van der Waals surface area contributed by atoms with Crippen LogP contribution >= 0.6 is 0 Å². The Balaban J connectivity index is 1.52. The summed E-state index contributed by atoms with van der Waals surface area (Å²) in [6, 6.07) is 3.61. The Hall–Kier alpha value is -2.70. The van der Waals surface area contributed by atoms with Crippen LogP contribution < -0.4 is 15.4 Å². The molecule has 180 valence electrons. The standard InChI is InChI=1S/C21H28N4O7S/c1-3-32-17-7-6-15(33(29,30)24-8-10-31-11-9-24)12-16(17)22-18(26)13-25-19(27)21(2,14-4-5-14)23-20(25)28/h6-7,12,14H,3-5,8-11,13H2,1-2H3,(H,22,26)(H,23,28)/t21-/m0/s1. The van der Waals surface area contributed by atoms with Gasteiger partial charge in [0.05, 0.1) is 30.4 Å². The zero-order valence-corrected chi connectivity index (χ0v) is 19.4. The molecule has 3 aliphatic rings. The van der Waals surface area contributed by atoms with Gasteiger partial charge in [0.2, 0.25) is 15.9 Å². The Morgan fingerprint density at radius 1 is 1.27 bits per heavy atom. The Morgan fingerprint density at radius 2 is 1.97 bits per heavy atom. The fourth-order valence-corrected chi connectivity index (χ4v) is 5.55. The Kier molecular flexibility index (Phi) is 6.34. The Bertz CT molecular complexity index is 1070. The minimum absolute atomic E-state index is 0.000506. The molecule has 2 saturated heterocycles. The van der Waals surface area contributed by atoms with Gasteiger partial charge in [-0.2, -0.15) is 4.31 Å². The Labute approximate surface area is 192 Å². The van der Waals surface area contributed by atoms with Crippen molar-refractivity contribution in [2.45, 2.75) is 37.1 Å². The van der Waals surface area contributed by atoms with E-state index >= 15 is 0 Å². The topological polar surface area (TPSA) is 134 Å². The van der Waals surface area contributed by atoms with Gasteiger partial charge >= 0.3 is 6.03 Å². The highest BCUT2D eigenvalue weighted by Crippen LogP contribution is 2.42. The molecule has 0 unspecified atom stereocenters. The van der Waals surface area contributed by atoms with Crippen LogP contribution in [0.2, 0.25) is 0 Å². The lowest BCUT2D eigenvalue weighted by molar-refractivity contribution is -0.134. The molecule has 2 heterocycles. The number of rotatable bonds is 8. The monoisotopic (exact) mass is 480 g/mol. The second kappa shape index (κ2) is 8.92. The fraction of sp³-hybridized carbons (Fsp3) is 0.571. The molecule has 1 atom stereocenters. The van der Waals surface area contributed by atoms with E-state index in [0.717, 1.165) is 17.7 Å². The lowest BCUT2D eigenvalue weighted by Crippen LogP contribution is -2.46. The van der Waals surface area contributed by atoms with E-state index < -0.39 is 40.0 Å². The lowest BCUT2D eigenvalue weighted by atomic mass is 9.96. The van der Waals surface area contributed by atoms with Crippen molar-refractivity contribution in [3.05, 3.63) is 18.2 Å². The quantitative estimate of drug-likeness (QED) is 0.525. The number of imide groups is 1. The average molecular weight is 481 g/mol. The zero-order valence-electron chi connectivity index (χ0n) is 18.6. The molecule has 0 bridgehead atoms. The largest absolute Gasteiger partial charge is 0.492 e. The summed E-state index contributed by atoms with van der Waals surface area (Å²) in [7, 11) is -3.79. The normalized spacial score (nSPS) is 24.0. The molecule has 4 amide bonds. The van der Waals surface area contributed by atoms with Crippen molar-refractivity contribution < 1.29 is 32.3 Å². The average Bonchev–Trinajstić information content (AvgIpc) is 3.62. The summed E-state index contributed by atoms with van der Waals surface area (Å²) >= 11 is 0. The second-order valence-corrected chi connectivity index (χ2v) is 10.4. The summed E-state index contributed by atoms with van der Waals surface area (Å²) in [6.45, 7) is 4.35. The first-order valence-corrected chi connectivity index (χ1v) is 12.4. The third-order valence-electron chi connectivity index (χ3n) is 6.13. The number of nitrogens with zero attached hydrogens (tertiary/aromatic N) is 2. The number of hydrogen-bond acceptors (Lipinski definition) is 7. The van der Waals surface area contributed by atoms with E-state index in [9.17, 15) is 22.8 Å². The van der Waals surface area contributed by atoms with Gasteiger partial charge < -0.3 is 20.1 Å². The molecule has 1 aromatic rings. The zero-order chi connectivity index (χ0) is 23.8. The van der Waals surface area contributed by atoms with Crippen LogP contribution in [0.3, 0.4) is 0 Å². The molecular weight excluding hydrogens is 452 g/mol. The summed E-state index contributed by atoms with van der Waals surface area (Å²) in [5, 5.41) is 5.30. The number of benzene rings is 1. The molecule has 3 fully saturated rings. The van der Waals surface area contributed by atoms with Crippen molar-refractivity contribution >= 4 is 33.6 Å². The number of anilines is 1. The molecule has 4 rings (SSSR count). The number of hydrogen-bond donors (Lipinski definition) is 2. The van der Waals surface area contributed by atoms with Crippen LogP contribution in [0.4, 0.5) is 10.5 Å². The highest BCUT2D eigenvalue weighted by molar-refractivity contribution is 7.89. The molecule has 1 saturated carbocycles. The Morgan fingerprint density at radius 3 is 2.61 bits per heavy atom. The SMILES string of the molecule is CCOc1ccc(S(=O)(=O)N2CCOCC2)cc1NC(=O)CN1C(=O)N[C@@](C)(C2CC2)C1=O. The molecule has 11 nitrogen and oxygen atoms in total. The van der Waals surface area contributed by atoms with Crippen LogP contribution in [0.15, 0.2) is 23.1 Å². The summed E-state index contributed by atoms with van der Waals surface area (Å²) in [5.41, 5.74) is -0.840. The summed E-state index contributed by atoms with van der Waals surface area (Å²) < 4.78 is 38.1. The van der Waals surface area contributed by atoms with E-state index in [2.05, 4.69) is 10.6 Å². The van der Waals surface area contributed by atoms with Gasteiger partial charge in [0, 0.05) is 13.1 Å². The van der Waals surface area contributed by atoms with Gasteiger partial charge in [-0.1, -0.05) is 0 Å². The fourth-order valence-electron chi connectivity index (χ4n) is 4.11. The maximum absolute atomic E-state index is 13.0. The molecule has 0 radical (unpaired) electrons. The minimum atomic E-state index is -3.79. The molecule has 1 aliphatic carbocycles. The first-order valence-electron chi connectivity index (χ1n) is 11.0. The minimum Gasteiger partial charge on any atom is -0.492 e. The van der Waals surface area contributed by atoms with Crippen LogP contribution in [0.5, 0.6) is 5.75 Å². The number of carbonyl (C=O) groups excluding carboxylic acids is 3. The first kappa shape index (κ1) is 23.5. The third kappa shape index (κ3) is 4.55. The number of ether oxygens (including phenoxy) is 2. The van der Waals surface area contributed by atoms with E-state index in [4.69, 9.17) is 9.47 Å². The van der Waals surface area contributed by atoms with Gasteiger partial charge in [0.1, 0.15) is 17.8 Å². The first-order chi connectivity index (χ1) is 15.7. The van der Waals surface area contributed by atoms with E-state index in [0.29, 0.717) is 19.8 Å². The number of urea groups is 1. The van der Waals surface area contributed by atoms with Crippen molar-refractivity contribution in [2.75, 3.05) is 44.8 Å². The molecule has 1 aromatic carbocycles. The summed E-state index contributed by atoms with van der Waals surface area (Å²) in [5.74, 6) is -0.709. The smallest absolute Gasteiger partial charge is 0.325 e. The van der Waals surface area contributed by atoms with Crippen LogP contribution in [-0.4, -0.2) is 80.5 Å². The molecule has 0 spiro atoms. The van der Waals surface area contributed by atoms with Gasteiger partial charge in [0.25, 0.3) is 5.91 Å². The van der Waals surface area contributed by atoms with Crippen molar-refractivity contribution in [1.82, 2.24) is 14.5 Å². The molecule has 2 N–H and O–H groups in total. The van der Waals surface area contributed by atoms with Crippen molar-refractivity contribution in [1.29, 1.82) is 0 Å². The van der Waals surface area contributed by atoms with Gasteiger partial charge in [-0.15, -0.1) is 0 Å².